The highest BCUT2D eigenvalue weighted by atomic mass is 35.5. The topological polar surface area (TPSA) is 88.7 Å². The van der Waals surface area contributed by atoms with Crippen molar-refractivity contribution in [2.24, 2.45) is 7.05 Å². The molecule has 3 rings (SSSR count). The average molecular weight is 369 g/mol. The van der Waals surface area contributed by atoms with Crippen LogP contribution in [-0.4, -0.2) is 26.4 Å². The monoisotopic (exact) mass is 368 g/mol. The Morgan fingerprint density at radius 2 is 2.19 bits per heavy atom. The zero-order chi connectivity index (χ0) is 18.5. The van der Waals surface area contributed by atoms with Gasteiger partial charge < -0.3 is 10.1 Å². The van der Waals surface area contributed by atoms with Crippen molar-refractivity contribution in [3.63, 3.8) is 0 Å². The van der Waals surface area contributed by atoms with E-state index in [2.05, 4.69) is 20.4 Å². The Morgan fingerprint density at radius 1 is 1.35 bits per heavy atom. The lowest BCUT2D eigenvalue weighted by Crippen LogP contribution is -2.00. The van der Waals surface area contributed by atoms with E-state index in [9.17, 15) is 0 Å². The molecule has 0 aliphatic heterocycles. The Hall–Kier alpha value is -3.11. The van der Waals surface area contributed by atoms with Crippen molar-refractivity contribution >= 4 is 23.2 Å². The zero-order valence-electron chi connectivity index (χ0n) is 14.4. The van der Waals surface area contributed by atoms with Crippen LogP contribution in [0, 0.1) is 18.3 Å². The third kappa shape index (κ3) is 4.10. The summed E-state index contributed by atoms with van der Waals surface area (Å²) in [7, 11) is 1.84. The summed E-state index contributed by atoms with van der Waals surface area (Å²) in [6.07, 6.45) is 5.61. The molecule has 0 atom stereocenters. The molecule has 0 spiro atoms. The molecule has 0 saturated carbocycles. The van der Waals surface area contributed by atoms with Gasteiger partial charge >= 0.3 is 0 Å². The Bertz CT molecular complexity index is 963. The Kier molecular flexibility index (Phi) is 5.34. The zero-order valence-corrected chi connectivity index (χ0v) is 15.2. The Balaban J connectivity index is 1.85. The second kappa shape index (κ2) is 7.85. The molecular weight excluding hydrogens is 352 g/mol. The van der Waals surface area contributed by atoms with E-state index in [0.717, 1.165) is 22.5 Å². The van der Waals surface area contributed by atoms with Gasteiger partial charge in [-0.15, -0.1) is 0 Å². The van der Waals surface area contributed by atoms with Crippen molar-refractivity contribution in [2.75, 3.05) is 11.9 Å². The summed E-state index contributed by atoms with van der Waals surface area (Å²) < 4.78 is 7.19. The van der Waals surface area contributed by atoms with Gasteiger partial charge in [-0.25, -0.2) is 9.97 Å². The minimum Gasteiger partial charge on any atom is -0.491 e. The number of rotatable bonds is 6. The number of ether oxygens (including phenoxy) is 1. The van der Waals surface area contributed by atoms with Crippen LogP contribution in [0.3, 0.4) is 0 Å². The first kappa shape index (κ1) is 17.7. The van der Waals surface area contributed by atoms with E-state index < -0.39 is 0 Å². The number of aromatic nitrogens is 4. The van der Waals surface area contributed by atoms with E-state index in [1.807, 2.05) is 32.3 Å². The van der Waals surface area contributed by atoms with Crippen molar-refractivity contribution < 1.29 is 4.74 Å². The molecule has 26 heavy (non-hydrogen) atoms. The number of hydrogen-bond acceptors (Lipinski definition) is 6. The van der Waals surface area contributed by atoms with Gasteiger partial charge in [-0.05, 0) is 30.7 Å². The first-order valence-electron chi connectivity index (χ1n) is 7.96. The van der Waals surface area contributed by atoms with Crippen molar-refractivity contribution in [1.29, 1.82) is 5.26 Å². The molecule has 1 N–H and O–H groups in total. The van der Waals surface area contributed by atoms with Crippen LogP contribution in [0.1, 0.15) is 12.0 Å². The fraction of sp³-hybridized carbons (Fsp3) is 0.222. The molecule has 8 heteroatoms. The summed E-state index contributed by atoms with van der Waals surface area (Å²) in [5.41, 5.74) is 3.37. The molecule has 3 aromatic rings. The van der Waals surface area contributed by atoms with Crippen LogP contribution in [0.2, 0.25) is 5.02 Å². The largest absolute Gasteiger partial charge is 0.491 e. The lowest BCUT2D eigenvalue weighted by atomic mass is 10.1. The SMILES string of the molecule is Cc1cnc(Nc2cnn(C)c2)nc1-c1ccc(OCCC#N)c(Cl)c1. The first-order chi connectivity index (χ1) is 12.6. The van der Waals surface area contributed by atoms with Crippen LogP contribution in [0.5, 0.6) is 5.75 Å². The fourth-order valence-corrected chi connectivity index (χ4v) is 2.62. The third-order valence-corrected chi connectivity index (χ3v) is 3.90. The molecule has 7 nitrogen and oxygen atoms in total. The smallest absolute Gasteiger partial charge is 0.227 e. The van der Waals surface area contributed by atoms with E-state index in [-0.39, 0.29) is 0 Å². The van der Waals surface area contributed by atoms with Crippen molar-refractivity contribution in [3.05, 3.63) is 47.4 Å². The van der Waals surface area contributed by atoms with Crippen LogP contribution in [-0.2, 0) is 7.05 Å². The fourth-order valence-electron chi connectivity index (χ4n) is 2.38. The van der Waals surface area contributed by atoms with Gasteiger partial charge in [-0.2, -0.15) is 10.4 Å². The van der Waals surface area contributed by atoms with Gasteiger partial charge in [0.25, 0.3) is 0 Å². The molecule has 2 aromatic heterocycles. The lowest BCUT2D eigenvalue weighted by Gasteiger charge is -2.11. The number of aryl methyl sites for hydroxylation is 2. The van der Waals surface area contributed by atoms with E-state index in [0.29, 0.717) is 29.7 Å². The average Bonchev–Trinajstić information content (AvgIpc) is 3.03. The second-order valence-electron chi connectivity index (χ2n) is 5.65. The minimum atomic E-state index is 0.307. The third-order valence-electron chi connectivity index (χ3n) is 3.61. The maximum absolute atomic E-state index is 8.58. The molecule has 132 valence electrons. The molecule has 0 saturated heterocycles. The highest BCUT2D eigenvalue weighted by Gasteiger charge is 2.10. The van der Waals surface area contributed by atoms with Gasteiger partial charge in [0.05, 0.1) is 35.1 Å². The summed E-state index contributed by atoms with van der Waals surface area (Å²) in [5.74, 6) is 1.02. The van der Waals surface area contributed by atoms with Gasteiger partial charge in [0.1, 0.15) is 12.4 Å². The molecule has 0 unspecified atom stereocenters. The maximum Gasteiger partial charge on any atom is 0.227 e. The summed E-state index contributed by atoms with van der Waals surface area (Å²) in [5, 5.41) is 16.3. The number of halogens is 1. The van der Waals surface area contributed by atoms with E-state index in [1.54, 1.807) is 29.2 Å². The highest BCUT2D eigenvalue weighted by Crippen LogP contribution is 2.31. The summed E-state index contributed by atoms with van der Waals surface area (Å²) >= 11 is 6.30. The molecule has 0 aliphatic rings. The Morgan fingerprint density at radius 3 is 2.88 bits per heavy atom. The number of benzene rings is 1. The molecule has 1 aromatic carbocycles. The predicted octanol–water partition coefficient (Wildman–Crippen LogP) is 3.88. The summed E-state index contributed by atoms with van der Waals surface area (Å²) in [6.45, 7) is 2.25. The molecule has 0 bridgehead atoms. The highest BCUT2D eigenvalue weighted by molar-refractivity contribution is 6.32. The van der Waals surface area contributed by atoms with E-state index in [1.165, 1.54) is 0 Å². The van der Waals surface area contributed by atoms with Gasteiger partial charge in [0.15, 0.2) is 0 Å². The predicted molar refractivity (Wildman–Crippen MR) is 99.4 cm³/mol. The van der Waals surface area contributed by atoms with Crippen LogP contribution in [0.15, 0.2) is 36.8 Å². The molecular formula is C18H17ClN6O. The summed E-state index contributed by atoms with van der Waals surface area (Å²) in [4.78, 5) is 8.90. The van der Waals surface area contributed by atoms with E-state index >= 15 is 0 Å². The minimum absolute atomic E-state index is 0.307. The van der Waals surface area contributed by atoms with Crippen molar-refractivity contribution in [2.45, 2.75) is 13.3 Å². The van der Waals surface area contributed by atoms with E-state index in [4.69, 9.17) is 21.6 Å². The summed E-state index contributed by atoms with van der Waals surface area (Å²) in [6, 6.07) is 7.50. The standard InChI is InChI=1S/C18H17ClN6O/c1-12-9-21-18(23-14-10-22-25(2)11-14)24-17(12)13-4-5-16(15(19)8-13)26-7-3-6-20/h4-5,8-11H,3,7H2,1-2H3,(H,21,23,24). The number of anilines is 2. The molecule has 0 aliphatic carbocycles. The number of hydrogen-bond donors (Lipinski definition) is 1. The van der Waals surface area contributed by atoms with Gasteiger partial charge in [0.2, 0.25) is 5.95 Å². The molecule has 2 heterocycles. The van der Waals surface area contributed by atoms with Gasteiger partial charge in [0, 0.05) is 25.0 Å². The van der Waals surface area contributed by atoms with Crippen LogP contribution in [0.25, 0.3) is 11.3 Å². The van der Waals surface area contributed by atoms with Crippen LogP contribution >= 0.6 is 11.6 Å². The molecule has 0 amide bonds. The van der Waals surface area contributed by atoms with Crippen LogP contribution < -0.4 is 10.1 Å². The number of nitrogens with zero attached hydrogens (tertiary/aromatic N) is 5. The number of nitriles is 1. The normalized spacial score (nSPS) is 10.4. The van der Waals surface area contributed by atoms with Gasteiger partial charge in [-0.3, -0.25) is 4.68 Å². The van der Waals surface area contributed by atoms with Crippen molar-refractivity contribution in [3.8, 4) is 23.1 Å². The first-order valence-corrected chi connectivity index (χ1v) is 8.33. The van der Waals surface area contributed by atoms with Crippen LogP contribution in [0.4, 0.5) is 11.6 Å². The molecule has 0 radical (unpaired) electrons. The lowest BCUT2D eigenvalue weighted by molar-refractivity contribution is 0.327. The second-order valence-corrected chi connectivity index (χ2v) is 6.06. The van der Waals surface area contributed by atoms with Gasteiger partial charge in [-0.1, -0.05) is 11.6 Å². The quantitative estimate of drug-likeness (QED) is 0.664. The maximum atomic E-state index is 8.58. The molecule has 0 fully saturated rings. The Labute approximate surface area is 156 Å². The number of nitrogens with one attached hydrogen (secondary N) is 1. The van der Waals surface area contributed by atoms with Crippen molar-refractivity contribution in [1.82, 2.24) is 19.7 Å².